The average molecular weight is 609 g/mol. The van der Waals surface area contributed by atoms with E-state index < -0.39 is 0 Å². The summed E-state index contributed by atoms with van der Waals surface area (Å²) in [7, 11) is 3.57. The van der Waals surface area contributed by atoms with Crippen LogP contribution in [0, 0.1) is 11.3 Å². The first-order valence-electron chi connectivity index (χ1n) is 15.5. The second-order valence-corrected chi connectivity index (χ2v) is 11.6. The van der Waals surface area contributed by atoms with Crippen molar-refractivity contribution in [3.05, 3.63) is 72.3 Å². The number of nitrogens with zero attached hydrogens (tertiary/aromatic N) is 7. The molecule has 6 rings (SSSR count). The molecule has 1 atom stereocenters. The third-order valence-electron chi connectivity index (χ3n) is 8.52. The van der Waals surface area contributed by atoms with E-state index in [2.05, 4.69) is 48.4 Å². The zero-order valence-electron chi connectivity index (χ0n) is 26.1. The molecule has 2 saturated heterocycles. The van der Waals surface area contributed by atoms with E-state index in [4.69, 9.17) is 14.2 Å². The molecule has 4 heterocycles. The van der Waals surface area contributed by atoms with Crippen LogP contribution in [0.5, 0.6) is 11.5 Å². The van der Waals surface area contributed by atoms with Gasteiger partial charge in [0.1, 0.15) is 23.7 Å². The normalized spacial score (nSPS) is 16.6. The highest BCUT2D eigenvalue weighted by Gasteiger charge is 2.26. The van der Waals surface area contributed by atoms with Gasteiger partial charge in [-0.25, -0.2) is 9.97 Å². The summed E-state index contributed by atoms with van der Waals surface area (Å²) in [4.78, 5) is 14.1. The number of nitrogens with one attached hydrogen (secondary N) is 1. The van der Waals surface area contributed by atoms with Crippen LogP contribution >= 0.6 is 0 Å². The predicted octanol–water partition coefficient (Wildman–Crippen LogP) is 4.81. The first-order valence-corrected chi connectivity index (χ1v) is 15.5. The summed E-state index contributed by atoms with van der Waals surface area (Å²) in [6.07, 6.45) is 10.2. The monoisotopic (exact) mass is 608 g/mol. The number of nitriles is 1. The van der Waals surface area contributed by atoms with E-state index in [1.54, 1.807) is 30.3 Å². The summed E-state index contributed by atoms with van der Waals surface area (Å²) in [5, 5.41) is 17.2. The van der Waals surface area contributed by atoms with Crippen molar-refractivity contribution < 1.29 is 14.2 Å². The van der Waals surface area contributed by atoms with E-state index in [1.165, 1.54) is 0 Å². The molecule has 4 aromatic rings. The van der Waals surface area contributed by atoms with Crippen molar-refractivity contribution in [3.63, 3.8) is 0 Å². The topological polar surface area (TPSA) is 114 Å². The predicted molar refractivity (Wildman–Crippen MR) is 173 cm³/mol. The molecule has 1 unspecified atom stereocenters. The van der Waals surface area contributed by atoms with E-state index in [1.807, 2.05) is 44.6 Å². The molecule has 2 fully saturated rings. The number of benzene rings is 2. The highest BCUT2D eigenvalue weighted by Crippen LogP contribution is 2.34. The fourth-order valence-electron chi connectivity index (χ4n) is 6.13. The van der Waals surface area contributed by atoms with Crippen LogP contribution < -0.4 is 19.7 Å². The number of rotatable bonds is 10. The lowest BCUT2D eigenvalue weighted by atomic mass is 10.0. The van der Waals surface area contributed by atoms with Crippen molar-refractivity contribution in [2.45, 2.75) is 38.3 Å². The number of hydrogen-bond acceptors (Lipinski definition) is 10. The molecule has 0 bridgehead atoms. The number of hydrogen-bond donors (Lipinski definition) is 1. The molecule has 45 heavy (non-hydrogen) atoms. The molecule has 0 radical (unpaired) electrons. The number of ether oxygens (including phenoxy) is 3. The SMILES string of the molecule is COc1cc(N2CCC(N3CCOCC3)CC2)ccc1Nc1ncc(-c2ccc(C#N)c(OC(C)Cc3cnn(C)c3)c2)cn1. The quantitative estimate of drug-likeness (QED) is 0.269. The van der Waals surface area contributed by atoms with E-state index in [0.29, 0.717) is 29.7 Å². The van der Waals surface area contributed by atoms with Gasteiger partial charge in [0, 0.05) is 81.6 Å². The van der Waals surface area contributed by atoms with Crippen LogP contribution in [0.15, 0.2) is 61.2 Å². The second-order valence-electron chi connectivity index (χ2n) is 11.6. The molecule has 0 saturated carbocycles. The minimum absolute atomic E-state index is 0.136. The Morgan fingerprint density at radius 1 is 1.00 bits per heavy atom. The molecule has 0 amide bonds. The largest absolute Gasteiger partial charge is 0.494 e. The number of morpholine rings is 1. The zero-order chi connectivity index (χ0) is 31.2. The lowest BCUT2D eigenvalue weighted by Crippen LogP contribution is -2.49. The van der Waals surface area contributed by atoms with E-state index in [9.17, 15) is 5.26 Å². The molecule has 11 nitrogen and oxygen atoms in total. The first kappa shape index (κ1) is 30.4. The van der Waals surface area contributed by atoms with Gasteiger partial charge < -0.3 is 24.4 Å². The first-order chi connectivity index (χ1) is 22.0. The molecule has 2 aromatic heterocycles. The number of methoxy groups -OCH3 is 1. The maximum absolute atomic E-state index is 9.66. The lowest BCUT2D eigenvalue weighted by molar-refractivity contribution is 0.0115. The fraction of sp³-hybridized carbons (Fsp3) is 0.412. The third-order valence-corrected chi connectivity index (χ3v) is 8.52. The van der Waals surface area contributed by atoms with Gasteiger partial charge in [-0.1, -0.05) is 6.07 Å². The van der Waals surface area contributed by atoms with Gasteiger partial charge in [-0.2, -0.15) is 10.4 Å². The standard InChI is InChI=1S/C34H40N8O3/c1-24(16-25-20-38-40(2)23-25)45-32-17-26(4-5-27(32)19-35)28-21-36-34(37-22-28)39-31-7-6-30(18-33(31)43-3)41-10-8-29(9-11-41)42-12-14-44-15-13-42/h4-7,17-18,20-24,29H,8-16H2,1-3H3,(H,36,37,39). The van der Waals surface area contributed by atoms with Gasteiger partial charge in [0.2, 0.25) is 5.95 Å². The number of aryl methyl sites for hydroxylation is 1. The maximum Gasteiger partial charge on any atom is 0.227 e. The molecule has 234 valence electrons. The van der Waals surface area contributed by atoms with Gasteiger partial charge in [-0.05, 0) is 55.2 Å². The number of aromatic nitrogens is 4. The van der Waals surface area contributed by atoms with Crippen LogP contribution in [0.2, 0.25) is 0 Å². The van der Waals surface area contributed by atoms with E-state index >= 15 is 0 Å². The van der Waals surface area contributed by atoms with Crippen molar-refractivity contribution in [1.82, 2.24) is 24.6 Å². The molecule has 2 aliphatic rings. The van der Waals surface area contributed by atoms with Crippen LogP contribution in [0.1, 0.15) is 30.9 Å². The van der Waals surface area contributed by atoms with Gasteiger partial charge in [0.25, 0.3) is 0 Å². The van der Waals surface area contributed by atoms with Crippen molar-refractivity contribution in [1.29, 1.82) is 5.26 Å². The summed E-state index contributed by atoms with van der Waals surface area (Å²) >= 11 is 0. The summed E-state index contributed by atoms with van der Waals surface area (Å²) in [6, 6.07) is 14.6. The molecule has 0 aliphatic carbocycles. The molecule has 11 heteroatoms. The summed E-state index contributed by atoms with van der Waals surface area (Å²) < 4.78 is 19.2. The Morgan fingerprint density at radius 3 is 2.47 bits per heavy atom. The van der Waals surface area contributed by atoms with Crippen LogP contribution in [0.3, 0.4) is 0 Å². The summed E-state index contributed by atoms with van der Waals surface area (Å²) in [6.45, 7) is 7.80. The minimum Gasteiger partial charge on any atom is -0.494 e. The van der Waals surface area contributed by atoms with Gasteiger partial charge in [0.05, 0.1) is 37.8 Å². The van der Waals surface area contributed by atoms with Gasteiger partial charge in [-0.15, -0.1) is 0 Å². The van der Waals surface area contributed by atoms with Crippen molar-refractivity contribution >= 4 is 17.3 Å². The smallest absolute Gasteiger partial charge is 0.227 e. The Kier molecular flexibility index (Phi) is 9.43. The van der Waals surface area contributed by atoms with Crippen molar-refractivity contribution in [3.8, 4) is 28.7 Å². The highest BCUT2D eigenvalue weighted by atomic mass is 16.5. The summed E-state index contributed by atoms with van der Waals surface area (Å²) in [5.74, 6) is 1.74. The number of anilines is 3. The summed E-state index contributed by atoms with van der Waals surface area (Å²) in [5.41, 5.74) is 5.19. The van der Waals surface area contributed by atoms with Crippen LogP contribution in [0.25, 0.3) is 11.1 Å². The Balaban J connectivity index is 1.09. The van der Waals surface area contributed by atoms with E-state index in [-0.39, 0.29) is 6.10 Å². The van der Waals surface area contributed by atoms with Crippen molar-refractivity contribution in [2.75, 3.05) is 56.7 Å². The fourth-order valence-corrected chi connectivity index (χ4v) is 6.13. The van der Waals surface area contributed by atoms with Gasteiger partial charge in [0.15, 0.2) is 0 Å². The second kappa shape index (κ2) is 14.0. The molecule has 2 aliphatic heterocycles. The van der Waals surface area contributed by atoms with E-state index in [0.717, 1.165) is 86.0 Å². The van der Waals surface area contributed by atoms with Crippen LogP contribution in [-0.4, -0.2) is 83.3 Å². The Bertz CT molecular complexity index is 1620. The average Bonchev–Trinajstić information content (AvgIpc) is 3.49. The highest BCUT2D eigenvalue weighted by molar-refractivity contribution is 5.70. The van der Waals surface area contributed by atoms with Gasteiger partial charge >= 0.3 is 0 Å². The third kappa shape index (κ3) is 7.36. The van der Waals surface area contributed by atoms with Gasteiger partial charge in [-0.3, -0.25) is 9.58 Å². The molecule has 2 aromatic carbocycles. The Hall–Kier alpha value is -4.66. The molecule has 1 N–H and O–H groups in total. The zero-order valence-corrected chi connectivity index (χ0v) is 26.1. The van der Waals surface area contributed by atoms with Crippen molar-refractivity contribution in [2.24, 2.45) is 7.05 Å². The number of piperidine rings is 1. The maximum atomic E-state index is 9.66. The molecular formula is C34H40N8O3. The molecular weight excluding hydrogens is 568 g/mol. The minimum atomic E-state index is -0.136. The van der Waals surface area contributed by atoms with Crippen LogP contribution in [-0.2, 0) is 18.2 Å². The Morgan fingerprint density at radius 2 is 1.78 bits per heavy atom. The van der Waals surface area contributed by atoms with Crippen LogP contribution in [0.4, 0.5) is 17.3 Å². The Labute approximate surface area is 264 Å². The lowest BCUT2D eigenvalue weighted by Gasteiger charge is -2.40. The molecule has 0 spiro atoms.